The van der Waals surface area contributed by atoms with Crippen molar-refractivity contribution in [3.63, 3.8) is 0 Å². The second-order valence-corrected chi connectivity index (χ2v) is 6.81. The minimum atomic E-state index is -0.411. The fourth-order valence-electron chi connectivity index (χ4n) is 1.70. The Balaban J connectivity index is 1.79. The standard InChI is InChI=1S/C15H16FN3O3S2/c1-2-22-13(21)8-7-12(20)17-14-18-19-15(24-14)23-9-10-5-3-4-6-11(10)16/h3-6H,2,7-9H2,1H3,(H,17,18,20). The number of rotatable bonds is 8. The lowest BCUT2D eigenvalue weighted by Gasteiger charge is -2.01. The molecule has 0 bridgehead atoms. The first-order valence-electron chi connectivity index (χ1n) is 7.23. The van der Waals surface area contributed by atoms with E-state index in [1.54, 1.807) is 25.1 Å². The Morgan fingerprint density at radius 1 is 1.29 bits per heavy atom. The summed E-state index contributed by atoms with van der Waals surface area (Å²) in [4.78, 5) is 22.9. The summed E-state index contributed by atoms with van der Waals surface area (Å²) in [5, 5.41) is 10.7. The maximum atomic E-state index is 13.5. The molecule has 0 radical (unpaired) electrons. The molecule has 0 atom stereocenters. The highest BCUT2D eigenvalue weighted by Gasteiger charge is 2.11. The van der Waals surface area contributed by atoms with E-state index in [9.17, 15) is 14.0 Å². The van der Waals surface area contributed by atoms with Crippen LogP contribution in [-0.4, -0.2) is 28.7 Å². The summed E-state index contributed by atoms with van der Waals surface area (Å²) in [5.41, 5.74) is 0.581. The van der Waals surface area contributed by atoms with Crippen LogP contribution >= 0.6 is 23.1 Å². The SMILES string of the molecule is CCOC(=O)CCC(=O)Nc1nnc(SCc2ccccc2F)s1. The lowest BCUT2D eigenvalue weighted by molar-refractivity contribution is -0.144. The van der Waals surface area contributed by atoms with Crippen LogP contribution in [0.4, 0.5) is 9.52 Å². The fourth-order valence-corrected chi connectivity index (χ4v) is 3.46. The second-order valence-electron chi connectivity index (χ2n) is 4.61. The van der Waals surface area contributed by atoms with Gasteiger partial charge in [0.2, 0.25) is 11.0 Å². The molecule has 9 heteroatoms. The molecule has 0 fully saturated rings. The van der Waals surface area contributed by atoms with Crippen molar-refractivity contribution < 1.29 is 18.7 Å². The van der Waals surface area contributed by atoms with E-state index in [2.05, 4.69) is 15.5 Å². The molecule has 1 N–H and O–H groups in total. The molecule has 128 valence electrons. The zero-order valence-electron chi connectivity index (χ0n) is 13.0. The number of anilines is 1. The molecule has 0 aliphatic heterocycles. The zero-order valence-corrected chi connectivity index (χ0v) is 14.6. The molecular weight excluding hydrogens is 353 g/mol. The van der Waals surface area contributed by atoms with E-state index in [0.29, 0.717) is 27.4 Å². The van der Waals surface area contributed by atoms with E-state index >= 15 is 0 Å². The van der Waals surface area contributed by atoms with Gasteiger partial charge in [-0.15, -0.1) is 10.2 Å². The molecule has 0 aliphatic carbocycles. The molecule has 6 nitrogen and oxygen atoms in total. The molecule has 0 saturated heterocycles. The van der Waals surface area contributed by atoms with Crippen molar-refractivity contribution >= 4 is 40.1 Å². The number of nitrogens with zero attached hydrogens (tertiary/aromatic N) is 2. The maximum absolute atomic E-state index is 13.5. The molecule has 1 aromatic carbocycles. The predicted octanol–water partition coefficient (Wildman–Crippen LogP) is 3.25. The number of aromatic nitrogens is 2. The van der Waals surface area contributed by atoms with Crippen LogP contribution in [0, 0.1) is 5.82 Å². The first kappa shape index (κ1) is 18.3. The first-order chi connectivity index (χ1) is 11.6. The summed E-state index contributed by atoms with van der Waals surface area (Å²) < 4.78 is 18.9. The van der Waals surface area contributed by atoms with E-state index < -0.39 is 5.97 Å². The number of amides is 1. The average molecular weight is 369 g/mol. The molecular formula is C15H16FN3O3S2. The third-order valence-electron chi connectivity index (χ3n) is 2.82. The van der Waals surface area contributed by atoms with Gasteiger partial charge in [0.1, 0.15) is 5.82 Å². The highest BCUT2D eigenvalue weighted by Crippen LogP contribution is 2.29. The molecule has 2 aromatic rings. The number of benzene rings is 1. The number of halogens is 1. The van der Waals surface area contributed by atoms with Crippen molar-refractivity contribution in [1.82, 2.24) is 10.2 Å². The average Bonchev–Trinajstić information content (AvgIpc) is 3.00. The smallest absolute Gasteiger partial charge is 0.306 e. The molecule has 2 rings (SSSR count). The molecule has 1 amide bonds. The van der Waals surface area contributed by atoms with Crippen molar-refractivity contribution in [1.29, 1.82) is 0 Å². The van der Waals surface area contributed by atoms with Crippen LogP contribution < -0.4 is 5.32 Å². The van der Waals surface area contributed by atoms with Gasteiger partial charge in [-0.1, -0.05) is 41.3 Å². The number of nitrogens with one attached hydrogen (secondary N) is 1. The van der Waals surface area contributed by atoms with Crippen molar-refractivity contribution in [2.24, 2.45) is 0 Å². The van der Waals surface area contributed by atoms with Gasteiger partial charge >= 0.3 is 5.97 Å². The number of ether oxygens (including phenoxy) is 1. The number of thioether (sulfide) groups is 1. The highest BCUT2D eigenvalue weighted by atomic mass is 32.2. The van der Waals surface area contributed by atoms with Crippen LogP contribution in [0.5, 0.6) is 0 Å². The summed E-state index contributed by atoms with van der Waals surface area (Å²) in [7, 11) is 0. The largest absolute Gasteiger partial charge is 0.466 e. The summed E-state index contributed by atoms with van der Waals surface area (Å²) in [6, 6.07) is 6.53. The quantitative estimate of drug-likeness (QED) is 0.437. The Bertz CT molecular complexity index is 709. The normalized spacial score (nSPS) is 10.4. The molecule has 1 heterocycles. The number of hydrogen-bond donors (Lipinski definition) is 1. The molecule has 0 spiro atoms. The Hall–Kier alpha value is -2.00. The summed E-state index contributed by atoms with van der Waals surface area (Å²) in [6.45, 7) is 2.00. The lowest BCUT2D eigenvalue weighted by atomic mass is 10.2. The summed E-state index contributed by atoms with van der Waals surface area (Å²) >= 11 is 2.54. The number of carbonyl (C=O) groups excluding carboxylic acids is 2. The van der Waals surface area contributed by atoms with Gasteiger partial charge in [0, 0.05) is 12.2 Å². The van der Waals surface area contributed by atoms with Gasteiger partial charge in [0.25, 0.3) is 0 Å². The molecule has 0 saturated carbocycles. The first-order valence-corrected chi connectivity index (χ1v) is 9.04. The van der Waals surface area contributed by atoms with Crippen LogP contribution in [-0.2, 0) is 20.1 Å². The molecule has 24 heavy (non-hydrogen) atoms. The third kappa shape index (κ3) is 5.89. The van der Waals surface area contributed by atoms with Crippen LogP contribution in [0.1, 0.15) is 25.3 Å². The van der Waals surface area contributed by atoms with Gasteiger partial charge in [-0.05, 0) is 18.6 Å². The van der Waals surface area contributed by atoms with Crippen LogP contribution in [0.3, 0.4) is 0 Å². The lowest BCUT2D eigenvalue weighted by Crippen LogP contribution is -2.14. The van der Waals surface area contributed by atoms with Gasteiger partial charge in [0.15, 0.2) is 4.34 Å². The number of carbonyl (C=O) groups is 2. The minimum absolute atomic E-state index is 0.0212. The third-order valence-corrected chi connectivity index (χ3v) is 4.84. The van der Waals surface area contributed by atoms with Crippen LogP contribution in [0.15, 0.2) is 28.6 Å². The van der Waals surface area contributed by atoms with Gasteiger partial charge < -0.3 is 10.1 Å². The maximum Gasteiger partial charge on any atom is 0.306 e. The monoisotopic (exact) mass is 369 g/mol. The van der Waals surface area contributed by atoms with Gasteiger partial charge in [-0.3, -0.25) is 9.59 Å². The van der Waals surface area contributed by atoms with Crippen molar-refractivity contribution in [2.75, 3.05) is 11.9 Å². The van der Waals surface area contributed by atoms with E-state index in [0.717, 1.165) is 0 Å². The Morgan fingerprint density at radius 3 is 2.83 bits per heavy atom. The molecule has 1 aromatic heterocycles. The van der Waals surface area contributed by atoms with Crippen molar-refractivity contribution in [2.45, 2.75) is 29.9 Å². The fraction of sp³-hybridized carbons (Fsp3) is 0.333. The van der Waals surface area contributed by atoms with Gasteiger partial charge in [-0.2, -0.15) is 0 Å². The van der Waals surface area contributed by atoms with Gasteiger partial charge in [-0.25, -0.2) is 4.39 Å². The van der Waals surface area contributed by atoms with E-state index in [4.69, 9.17) is 4.74 Å². The summed E-state index contributed by atoms with van der Waals surface area (Å²) in [5.74, 6) is -0.573. The van der Waals surface area contributed by atoms with E-state index in [-0.39, 0.29) is 24.6 Å². The highest BCUT2D eigenvalue weighted by molar-refractivity contribution is 8.00. The second kappa shape index (κ2) is 9.33. The Labute approximate surface area is 146 Å². The zero-order chi connectivity index (χ0) is 17.4. The number of esters is 1. The molecule has 0 aliphatic rings. The van der Waals surface area contributed by atoms with Gasteiger partial charge in [0.05, 0.1) is 13.0 Å². The summed E-state index contributed by atoms with van der Waals surface area (Å²) in [6.07, 6.45) is 0.0451. The van der Waals surface area contributed by atoms with E-state index in [1.165, 1.54) is 29.2 Å². The van der Waals surface area contributed by atoms with Crippen molar-refractivity contribution in [3.8, 4) is 0 Å². The predicted molar refractivity (Wildman–Crippen MR) is 90.4 cm³/mol. The Morgan fingerprint density at radius 2 is 2.08 bits per heavy atom. The van der Waals surface area contributed by atoms with Crippen LogP contribution in [0.2, 0.25) is 0 Å². The number of hydrogen-bond acceptors (Lipinski definition) is 7. The topological polar surface area (TPSA) is 81.2 Å². The van der Waals surface area contributed by atoms with Crippen molar-refractivity contribution in [3.05, 3.63) is 35.6 Å². The minimum Gasteiger partial charge on any atom is -0.466 e. The molecule has 0 unspecified atom stereocenters. The van der Waals surface area contributed by atoms with E-state index in [1.807, 2.05) is 0 Å². The Kier molecular flexibility index (Phi) is 7.13. The van der Waals surface area contributed by atoms with Crippen LogP contribution in [0.25, 0.3) is 0 Å².